The predicted molar refractivity (Wildman–Crippen MR) is 337 cm³/mol. The first-order valence-electron chi connectivity index (χ1n) is 27.6. The summed E-state index contributed by atoms with van der Waals surface area (Å²) in [7, 11) is -1.50. The third kappa shape index (κ3) is 8.26. The topological polar surface area (TPSA) is 6.48 Å². The van der Waals surface area contributed by atoms with Gasteiger partial charge in [0.2, 0.25) is 0 Å². The van der Waals surface area contributed by atoms with Crippen LogP contribution in [-0.4, -0.2) is 8.07 Å². The lowest BCUT2D eigenvalue weighted by Crippen LogP contribution is -2.37. The molecule has 14 rings (SSSR count). The number of nitrogens with zero attached hydrogens (tertiary/aromatic N) is 2. The summed E-state index contributed by atoms with van der Waals surface area (Å²) in [5.74, 6) is 0. The smallest absolute Gasteiger partial charge is 0.0775 e. The molecule has 0 spiro atoms. The number of rotatable bonds is 10. The molecule has 0 aromatic heterocycles. The van der Waals surface area contributed by atoms with Crippen LogP contribution in [0.5, 0.6) is 0 Å². The molecule has 0 saturated carbocycles. The van der Waals surface area contributed by atoms with Crippen LogP contribution < -0.4 is 15.0 Å². The SMILES string of the molecule is [2H]c1c2c3c(cccc3c3cc(-c4ccc(N(c5ccc([Si](C)(C)C)cc5)c5ccc6c(c5)C(C)(C)c5ccccc5-6)cc4)ccc13)Sc1cc(N(c3ccc(-c4ccccc4)cc3)c3ccc(-c4ccccc4)cc3)ccc1-2. The fourth-order valence-electron chi connectivity index (χ4n) is 12.1. The van der Waals surface area contributed by atoms with Gasteiger partial charge < -0.3 is 9.80 Å². The Balaban J connectivity index is 0.824. The lowest BCUT2D eigenvalue weighted by molar-refractivity contribution is 0.660. The van der Waals surface area contributed by atoms with Crippen LogP contribution in [0, 0.1) is 0 Å². The zero-order valence-electron chi connectivity index (χ0n) is 45.6. The number of hydrogen-bond donors (Lipinski definition) is 0. The van der Waals surface area contributed by atoms with Gasteiger partial charge in [-0.05, 0) is 174 Å². The first-order valence-corrected chi connectivity index (χ1v) is 31.5. The van der Waals surface area contributed by atoms with Gasteiger partial charge in [-0.1, -0.05) is 220 Å². The quantitative estimate of drug-likeness (QED) is 0.0996. The van der Waals surface area contributed by atoms with Crippen molar-refractivity contribution in [3.05, 3.63) is 272 Å². The van der Waals surface area contributed by atoms with E-state index >= 15 is 0 Å². The molecule has 1 aliphatic carbocycles. The van der Waals surface area contributed by atoms with Crippen molar-refractivity contribution in [2.75, 3.05) is 9.80 Å². The van der Waals surface area contributed by atoms with E-state index in [-0.39, 0.29) is 5.41 Å². The van der Waals surface area contributed by atoms with Gasteiger partial charge in [0.15, 0.2) is 0 Å². The highest BCUT2D eigenvalue weighted by Gasteiger charge is 2.36. The summed E-state index contributed by atoms with van der Waals surface area (Å²) in [5.41, 5.74) is 21.0. The predicted octanol–water partition coefficient (Wildman–Crippen LogP) is 20.9. The molecule has 78 heavy (non-hydrogen) atoms. The van der Waals surface area contributed by atoms with Crippen molar-refractivity contribution in [1.82, 2.24) is 0 Å². The third-order valence-corrected chi connectivity index (χ3v) is 19.5. The summed E-state index contributed by atoms with van der Waals surface area (Å²) in [6, 6.07) is 93.9. The molecule has 0 saturated heterocycles. The fourth-order valence-corrected chi connectivity index (χ4v) is 14.4. The summed E-state index contributed by atoms with van der Waals surface area (Å²) in [6.07, 6.45) is 0. The Morgan fingerprint density at radius 2 is 0.833 bits per heavy atom. The maximum atomic E-state index is 10.0. The van der Waals surface area contributed by atoms with Crippen LogP contribution >= 0.6 is 11.8 Å². The van der Waals surface area contributed by atoms with Crippen LogP contribution in [0.1, 0.15) is 26.3 Å². The third-order valence-electron chi connectivity index (χ3n) is 16.3. The second-order valence-electron chi connectivity index (χ2n) is 22.5. The molecule has 2 aliphatic rings. The number of hydrogen-bond acceptors (Lipinski definition) is 3. The molecule has 2 nitrogen and oxygen atoms in total. The average molecular weight is 1040 g/mol. The Morgan fingerprint density at radius 3 is 1.42 bits per heavy atom. The van der Waals surface area contributed by atoms with E-state index in [0.717, 1.165) is 77.4 Å². The lowest BCUT2D eigenvalue weighted by Gasteiger charge is -2.29. The van der Waals surface area contributed by atoms with Crippen LogP contribution in [0.2, 0.25) is 19.6 Å². The maximum absolute atomic E-state index is 10.0. The van der Waals surface area contributed by atoms with Gasteiger partial charge in [0.25, 0.3) is 0 Å². The zero-order valence-corrected chi connectivity index (χ0v) is 46.4. The molecular formula is C74H58N2SSi. The number of fused-ring (bicyclic) bond motifs is 7. The van der Waals surface area contributed by atoms with Crippen molar-refractivity contribution < 1.29 is 1.37 Å². The highest BCUT2D eigenvalue weighted by Crippen LogP contribution is 2.53. The maximum Gasteiger partial charge on any atom is 0.0775 e. The summed E-state index contributed by atoms with van der Waals surface area (Å²) in [6.45, 7) is 11.9. The Labute approximate surface area is 465 Å². The van der Waals surface area contributed by atoms with Gasteiger partial charge >= 0.3 is 0 Å². The molecule has 0 atom stereocenters. The van der Waals surface area contributed by atoms with Gasteiger partial charge in [0, 0.05) is 54.7 Å². The van der Waals surface area contributed by atoms with Crippen molar-refractivity contribution in [1.29, 1.82) is 0 Å². The Morgan fingerprint density at radius 1 is 0.359 bits per heavy atom. The van der Waals surface area contributed by atoms with Crippen LogP contribution in [0.15, 0.2) is 271 Å². The van der Waals surface area contributed by atoms with Gasteiger partial charge in [-0.3, -0.25) is 0 Å². The second-order valence-corrected chi connectivity index (χ2v) is 28.6. The molecule has 1 aliphatic heterocycles. The summed E-state index contributed by atoms with van der Waals surface area (Å²) in [5, 5.41) is 5.83. The highest BCUT2D eigenvalue weighted by atomic mass is 32.2. The second kappa shape index (κ2) is 18.8. The van der Waals surface area contributed by atoms with Gasteiger partial charge in [-0.2, -0.15) is 0 Å². The Bertz CT molecular complexity index is 4240. The molecule has 0 amide bonds. The van der Waals surface area contributed by atoms with E-state index in [0.29, 0.717) is 6.04 Å². The van der Waals surface area contributed by atoms with Crippen molar-refractivity contribution in [3.63, 3.8) is 0 Å². The summed E-state index contributed by atoms with van der Waals surface area (Å²) >= 11 is 1.81. The molecule has 374 valence electrons. The fraction of sp³-hybridized carbons (Fsp3) is 0.0811. The standard InChI is InChI=1S/C74H58N2SSi/c1-74(2)69-21-13-12-19-63(69)64-43-39-60(47-70(64)74)75(59-37-41-62(42-38-59)78(3,4)5)56-35-29-53(30-36-56)54-23-24-55-46-68-65-44-40-61(48-72(65)77-71-22-14-20-66(73(68)71)67(55)45-54)76(57-31-25-51(26-32-57)49-15-8-6-9-16-49)58-33-27-52(28-34-58)50-17-10-7-11-18-50/h6-48H,1-5H3/i46D. The molecular weight excluding hydrogens is 977 g/mol. The lowest BCUT2D eigenvalue weighted by atomic mass is 9.82. The normalized spacial score (nSPS) is 13.2. The van der Waals surface area contributed by atoms with Gasteiger partial charge in [0.05, 0.1) is 9.44 Å². The molecule has 0 fully saturated rings. The molecule has 0 radical (unpaired) electrons. The largest absolute Gasteiger partial charge is 0.310 e. The van der Waals surface area contributed by atoms with Crippen molar-refractivity contribution in [2.24, 2.45) is 0 Å². The molecule has 0 unspecified atom stereocenters. The Hall–Kier alpha value is -8.67. The van der Waals surface area contributed by atoms with E-state index in [4.69, 9.17) is 0 Å². The van der Waals surface area contributed by atoms with Gasteiger partial charge in [-0.15, -0.1) is 0 Å². The van der Waals surface area contributed by atoms with Crippen LogP contribution in [0.25, 0.3) is 77.2 Å². The molecule has 12 aromatic carbocycles. The minimum absolute atomic E-state index is 0.111. The van der Waals surface area contributed by atoms with E-state index < -0.39 is 8.07 Å². The van der Waals surface area contributed by atoms with Crippen molar-refractivity contribution >= 4 is 80.7 Å². The average Bonchev–Trinajstić information content (AvgIpc) is 3.95. The van der Waals surface area contributed by atoms with E-state index in [1.807, 2.05) is 0 Å². The minimum atomic E-state index is -1.50. The monoisotopic (exact) mass is 1040 g/mol. The van der Waals surface area contributed by atoms with E-state index in [1.165, 1.54) is 60.0 Å². The van der Waals surface area contributed by atoms with Crippen LogP contribution in [-0.2, 0) is 5.41 Å². The molecule has 0 N–H and O–H groups in total. The van der Waals surface area contributed by atoms with Crippen molar-refractivity contribution in [2.45, 2.75) is 48.7 Å². The van der Waals surface area contributed by atoms with E-state index in [2.05, 4.69) is 298 Å². The summed E-state index contributed by atoms with van der Waals surface area (Å²) < 4.78 is 10.0. The van der Waals surface area contributed by atoms with Gasteiger partial charge in [-0.25, -0.2) is 0 Å². The number of benzene rings is 12. The molecule has 4 heteroatoms. The number of anilines is 6. The first kappa shape index (κ1) is 46.6. The minimum Gasteiger partial charge on any atom is -0.310 e. The van der Waals surface area contributed by atoms with E-state index in [9.17, 15) is 1.37 Å². The van der Waals surface area contributed by atoms with E-state index in [1.54, 1.807) is 11.8 Å². The van der Waals surface area contributed by atoms with Crippen molar-refractivity contribution in [3.8, 4) is 55.6 Å². The summed E-state index contributed by atoms with van der Waals surface area (Å²) in [4.78, 5) is 7.09. The molecule has 12 aromatic rings. The molecule has 0 bridgehead atoms. The Kier molecular flexibility index (Phi) is 11.2. The molecule has 1 heterocycles. The first-order chi connectivity index (χ1) is 38.5. The van der Waals surface area contributed by atoms with Gasteiger partial charge in [0.1, 0.15) is 0 Å². The van der Waals surface area contributed by atoms with Crippen LogP contribution in [0.3, 0.4) is 0 Å². The zero-order chi connectivity index (χ0) is 53.6. The van der Waals surface area contributed by atoms with Crippen LogP contribution in [0.4, 0.5) is 34.1 Å². The highest BCUT2D eigenvalue weighted by molar-refractivity contribution is 7.99.